The molecule has 0 aliphatic carbocycles. The van der Waals surface area contributed by atoms with Gasteiger partial charge in [-0.15, -0.1) is 0 Å². The van der Waals surface area contributed by atoms with Crippen LogP contribution < -0.4 is 0 Å². The van der Waals surface area contributed by atoms with Gasteiger partial charge in [0.15, 0.2) is 0 Å². The van der Waals surface area contributed by atoms with E-state index in [2.05, 4.69) is 32.2 Å². The lowest BCUT2D eigenvalue weighted by Gasteiger charge is -2.01. The van der Waals surface area contributed by atoms with Crippen LogP contribution >= 0.6 is 0 Å². The molecule has 0 aromatic carbocycles. The summed E-state index contributed by atoms with van der Waals surface area (Å²) in [4.78, 5) is 0. The Balaban J connectivity index is -0.000000529. The Bertz CT molecular complexity index is 272. The Hall–Kier alpha value is -1.30. The third kappa shape index (κ3) is 10.8. The molecule has 0 atom stereocenters. The highest BCUT2D eigenvalue weighted by atomic mass is 14.0. The van der Waals surface area contributed by atoms with Crippen molar-refractivity contribution in [3.8, 4) is 0 Å². The third-order valence-corrected chi connectivity index (χ3v) is 1.70. The lowest BCUT2D eigenvalue weighted by atomic mass is 10.0. The molecule has 0 rings (SSSR count). The maximum absolute atomic E-state index is 3.86. The maximum Gasteiger partial charge on any atom is -0.0228 e. The van der Waals surface area contributed by atoms with E-state index in [-0.39, 0.29) is 7.43 Å². The van der Waals surface area contributed by atoms with E-state index >= 15 is 0 Å². The summed E-state index contributed by atoms with van der Waals surface area (Å²) in [6.45, 7) is 17.6. The first-order valence-electron chi connectivity index (χ1n) is 5.41. The van der Waals surface area contributed by atoms with Gasteiger partial charge in [-0.1, -0.05) is 70.4 Å². The molecule has 0 nitrogen and oxygen atoms in total. The summed E-state index contributed by atoms with van der Waals surface area (Å²) in [5.41, 5.74) is 3.50. The first kappa shape index (κ1) is 20.2. The van der Waals surface area contributed by atoms with Crippen molar-refractivity contribution >= 4 is 0 Å². The highest BCUT2D eigenvalue weighted by molar-refractivity contribution is 5.42. The minimum atomic E-state index is 0. The van der Waals surface area contributed by atoms with Gasteiger partial charge in [0.1, 0.15) is 0 Å². The van der Waals surface area contributed by atoms with Crippen molar-refractivity contribution in [2.24, 2.45) is 0 Å². The molecule has 0 aliphatic heterocycles. The number of allylic oxidation sites excluding steroid dienone is 8. The van der Waals surface area contributed by atoms with Crippen LogP contribution in [0.2, 0.25) is 0 Å². The molecule has 0 unspecified atom stereocenters. The molecule has 0 aromatic heterocycles. The molecule has 0 saturated carbocycles. The summed E-state index contributed by atoms with van der Waals surface area (Å²) in [6.07, 6.45) is 9.89. The average Bonchev–Trinajstić information content (AvgIpc) is 2.25. The second-order valence-electron chi connectivity index (χ2n) is 3.01. The van der Waals surface area contributed by atoms with E-state index in [0.717, 1.165) is 5.57 Å². The number of rotatable bonds is 4. The molecule has 0 fully saturated rings. The zero-order chi connectivity index (χ0) is 12.3. The number of hydrogen-bond donors (Lipinski definition) is 0. The topological polar surface area (TPSA) is 0 Å². The van der Waals surface area contributed by atoms with E-state index < -0.39 is 0 Å². The summed E-state index contributed by atoms with van der Waals surface area (Å²) < 4.78 is 0. The van der Waals surface area contributed by atoms with Crippen molar-refractivity contribution in [1.29, 1.82) is 0 Å². The summed E-state index contributed by atoms with van der Waals surface area (Å²) in [7, 11) is 0. The van der Waals surface area contributed by atoms with Crippen LogP contribution in [-0.2, 0) is 0 Å². The van der Waals surface area contributed by atoms with E-state index in [0.29, 0.717) is 0 Å². The predicted octanol–water partition coefficient (Wildman–Crippen LogP) is 5.86. The molecular weight excluding hydrogens is 192 g/mol. The normalized spacial score (nSPS) is 11.3. The first-order valence-corrected chi connectivity index (χ1v) is 5.41. The third-order valence-electron chi connectivity index (χ3n) is 1.70. The van der Waals surface area contributed by atoms with Crippen LogP contribution in [0.25, 0.3) is 0 Å². The Labute approximate surface area is 103 Å². The van der Waals surface area contributed by atoms with E-state index in [4.69, 9.17) is 0 Å². The fourth-order valence-electron chi connectivity index (χ4n) is 0.897. The minimum Gasteiger partial charge on any atom is -0.0991 e. The predicted molar refractivity (Wildman–Crippen MR) is 79.7 cm³/mol. The summed E-state index contributed by atoms with van der Waals surface area (Å²) in [5.74, 6) is 0. The highest BCUT2D eigenvalue weighted by Gasteiger charge is 1.93. The van der Waals surface area contributed by atoms with E-state index in [1.807, 2.05) is 39.8 Å². The monoisotopic (exact) mass is 220 g/mol. The first-order chi connectivity index (χ1) is 7.11. The van der Waals surface area contributed by atoms with Crippen LogP contribution in [0.5, 0.6) is 0 Å². The van der Waals surface area contributed by atoms with Gasteiger partial charge in [-0.05, 0) is 31.9 Å². The zero-order valence-electron chi connectivity index (χ0n) is 10.8. The Kier molecular flexibility index (Phi) is 17.3. The van der Waals surface area contributed by atoms with E-state index in [1.54, 1.807) is 6.08 Å². The van der Waals surface area contributed by atoms with Crippen molar-refractivity contribution < 1.29 is 0 Å². The van der Waals surface area contributed by atoms with Gasteiger partial charge < -0.3 is 0 Å². The van der Waals surface area contributed by atoms with Crippen molar-refractivity contribution in [3.05, 3.63) is 60.3 Å². The molecule has 0 saturated heterocycles. The molecular formula is C16H28. The summed E-state index contributed by atoms with van der Waals surface area (Å²) in [6, 6.07) is 0. The lowest BCUT2D eigenvalue weighted by Crippen LogP contribution is -1.81. The van der Waals surface area contributed by atoms with Crippen LogP contribution in [0.15, 0.2) is 60.3 Å². The molecule has 92 valence electrons. The highest BCUT2D eigenvalue weighted by Crippen LogP contribution is 2.13. The van der Waals surface area contributed by atoms with Gasteiger partial charge in [-0.2, -0.15) is 0 Å². The smallest absolute Gasteiger partial charge is 0.0228 e. The van der Waals surface area contributed by atoms with Gasteiger partial charge in [0.05, 0.1) is 0 Å². The largest absolute Gasteiger partial charge is 0.0991 e. The van der Waals surface area contributed by atoms with Gasteiger partial charge >= 0.3 is 0 Å². The van der Waals surface area contributed by atoms with Crippen molar-refractivity contribution in [2.45, 2.75) is 42.0 Å². The van der Waals surface area contributed by atoms with Gasteiger partial charge in [0.2, 0.25) is 0 Å². The molecule has 0 bridgehead atoms. The van der Waals surface area contributed by atoms with Gasteiger partial charge in [-0.25, -0.2) is 0 Å². The molecule has 0 amide bonds. The van der Waals surface area contributed by atoms with Crippen LogP contribution in [0.1, 0.15) is 42.0 Å². The second kappa shape index (κ2) is 13.7. The van der Waals surface area contributed by atoms with Crippen LogP contribution in [0.4, 0.5) is 0 Å². The molecule has 0 spiro atoms. The lowest BCUT2D eigenvalue weighted by molar-refractivity contribution is 1.37. The van der Waals surface area contributed by atoms with E-state index in [1.165, 1.54) is 11.1 Å². The van der Waals surface area contributed by atoms with Crippen molar-refractivity contribution in [3.63, 3.8) is 0 Å². The molecule has 0 heteroatoms. The average molecular weight is 220 g/mol. The maximum atomic E-state index is 3.86. The summed E-state index contributed by atoms with van der Waals surface area (Å²) >= 11 is 0. The van der Waals surface area contributed by atoms with Gasteiger partial charge in [0.25, 0.3) is 0 Å². The quantitative estimate of drug-likeness (QED) is 0.520. The second-order valence-corrected chi connectivity index (χ2v) is 3.01. The van der Waals surface area contributed by atoms with Gasteiger partial charge in [0, 0.05) is 0 Å². The fraction of sp³-hybridized carbons (Fsp3) is 0.375. The Morgan fingerprint density at radius 2 is 1.62 bits per heavy atom. The van der Waals surface area contributed by atoms with Gasteiger partial charge in [-0.3, -0.25) is 0 Å². The standard InChI is InChI=1S/C13H18.C2H6.CH4/c1-6-8-9-13(10-11(3)4)12(5)7-2;1-2;/h6-10H,1,3H2,2,4-5H3;1-2H3;1H4/b9-8-,12-7-,13-10-;;. The summed E-state index contributed by atoms with van der Waals surface area (Å²) in [5, 5.41) is 0. The molecule has 0 aromatic rings. The molecule has 16 heavy (non-hydrogen) atoms. The van der Waals surface area contributed by atoms with Crippen LogP contribution in [-0.4, -0.2) is 0 Å². The Morgan fingerprint density at radius 1 is 1.12 bits per heavy atom. The van der Waals surface area contributed by atoms with Crippen molar-refractivity contribution in [1.82, 2.24) is 0 Å². The van der Waals surface area contributed by atoms with E-state index in [9.17, 15) is 0 Å². The molecule has 0 N–H and O–H groups in total. The molecule has 0 heterocycles. The number of hydrogen-bond acceptors (Lipinski definition) is 0. The van der Waals surface area contributed by atoms with Crippen LogP contribution in [0, 0.1) is 0 Å². The Morgan fingerprint density at radius 3 is 1.94 bits per heavy atom. The van der Waals surface area contributed by atoms with Crippen LogP contribution in [0.3, 0.4) is 0 Å². The molecule has 0 aliphatic rings. The SMILES string of the molecule is C.C=C\C=C/C(=C/C(=C)C)C(/C)=C\C.CC. The fourth-order valence-corrected chi connectivity index (χ4v) is 0.897. The zero-order valence-corrected chi connectivity index (χ0v) is 10.8. The minimum absolute atomic E-state index is 0. The molecule has 0 radical (unpaired) electrons. The van der Waals surface area contributed by atoms with Crippen molar-refractivity contribution in [2.75, 3.05) is 0 Å².